The van der Waals surface area contributed by atoms with E-state index in [-0.39, 0.29) is 0 Å². The van der Waals surface area contributed by atoms with Gasteiger partial charge in [0.1, 0.15) is 0 Å². The van der Waals surface area contributed by atoms with Crippen molar-refractivity contribution in [2.75, 3.05) is 0 Å². The zero-order valence-corrected chi connectivity index (χ0v) is 28.0. The molecule has 0 radical (unpaired) electrons. The summed E-state index contributed by atoms with van der Waals surface area (Å²) in [6, 6.07) is 61.0. The van der Waals surface area contributed by atoms with Crippen molar-refractivity contribution in [2.45, 2.75) is 0 Å². The first-order valence-electron chi connectivity index (χ1n) is 17.3. The van der Waals surface area contributed by atoms with E-state index >= 15 is 0 Å². The molecule has 0 saturated carbocycles. The lowest BCUT2D eigenvalue weighted by atomic mass is 10.1. The van der Waals surface area contributed by atoms with Gasteiger partial charge in [-0.25, -0.2) is 14.8 Å². The summed E-state index contributed by atoms with van der Waals surface area (Å²) < 4.78 is 4.79. The Balaban J connectivity index is 1.24. The van der Waals surface area contributed by atoms with Crippen molar-refractivity contribution in [3.05, 3.63) is 187 Å². The molecule has 3 aromatic heterocycles. The molecule has 0 unspecified atom stereocenters. The first-order chi connectivity index (χ1) is 25.7. The molecule has 0 amide bonds. The summed E-state index contributed by atoms with van der Waals surface area (Å²) >= 11 is 0. The van der Waals surface area contributed by atoms with E-state index in [1.165, 1.54) is 32.6 Å². The van der Waals surface area contributed by atoms with Crippen LogP contribution in [0.4, 0.5) is 5.69 Å². The quantitative estimate of drug-likeness (QED) is 0.172. The molecule has 7 aromatic carbocycles. The van der Waals surface area contributed by atoms with Crippen molar-refractivity contribution in [3.8, 4) is 45.3 Å². The van der Waals surface area contributed by atoms with Gasteiger partial charge in [-0.3, -0.25) is 0 Å². The van der Waals surface area contributed by atoms with Crippen molar-refractivity contribution in [2.24, 2.45) is 0 Å². The molecule has 0 atom stereocenters. The molecule has 242 valence electrons. The van der Waals surface area contributed by atoms with E-state index in [1.807, 2.05) is 42.5 Å². The maximum atomic E-state index is 7.41. The van der Waals surface area contributed by atoms with Gasteiger partial charge in [-0.1, -0.05) is 127 Å². The normalized spacial score (nSPS) is 11.4. The van der Waals surface area contributed by atoms with Crippen LogP contribution < -0.4 is 0 Å². The highest BCUT2D eigenvalue weighted by atomic mass is 15.0. The topological polar surface area (TPSA) is 40.0 Å². The van der Waals surface area contributed by atoms with E-state index in [4.69, 9.17) is 16.5 Å². The van der Waals surface area contributed by atoms with Crippen LogP contribution >= 0.6 is 0 Å². The van der Waals surface area contributed by atoms with Crippen LogP contribution in [-0.4, -0.2) is 19.1 Å². The Bertz CT molecular complexity index is 3000. The molecule has 3 heterocycles. The molecule has 0 bridgehead atoms. The highest BCUT2D eigenvalue weighted by molar-refractivity contribution is 6.26. The van der Waals surface area contributed by atoms with Crippen LogP contribution in [0.5, 0.6) is 0 Å². The van der Waals surface area contributed by atoms with Crippen molar-refractivity contribution in [1.82, 2.24) is 19.1 Å². The minimum absolute atomic E-state index is 0.586. The molecule has 0 fully saturated rings. The molecular weight excluding hydrogens is 635 g/mol. The summed E-state index contributed by atoms with van der Waals surface area (Å²) in [6.07, 6.45) is 0. The molecule has 0 N–H and O–H groups in total. The molecule has 0 aliphatic heterocycles. The van der Waals surface area contributed by atoms with Gasteiger partial charge in [0.15, 0.2) is 11.5 Å². The summed E-state index contributed by atoms with van der Waals surface area (Å²) in [5.74, 6) is 0.616. The largest absolute Gasteiger partial charge is 0.309 e. The fourth-order valence-electron chi connectivity index (χ4n) is 7.60. The van der Waals surface area contributed by atoms with Crippen LogP contribution in [0.15, 0.2) is 176 Å². The molecular formula is C47H29N5. The van der Waals surface area contributed by atoms with Gasteiger partial charge in [-0.15, -0.1) is 0 Å². The monoisotopic (exact) mass is 663 g/mol. The van der Waals surface area contributed by atoms with E-state index in [9.17, 15) is 0 Å². The van der Waals surface area contributed by atoms with Crippen molar-refractivity contribution >= 4 is 49.3 Å². The SMILES string of the molecule is [C-]#[N+]c1ccc(-c2nc(-c3ccccc3)cc(-c3cccc(-n4c5ccccc5c5ccc6c(c7ccccc7n6-c6ccccc6)c54)c3)n2)cc1. The van der Waals surface area contributed by atoms with Gasteiger partial charge in [-0.05, 0) is 48.5 Å². The third-order valence-corrected chi connectivity index (χ3v) is 9.93. The van der Waals surface area contributed by atoms with Crippen LogP contribution in [0.2, 0.25) is 0 Å². The zero-order valence-electron chi connectivity index (χ0n) is 28.0. The van der Waals surface area contributed by atoms with Gasteiger partial charge in [0, 0.05) is 49.6 Å². The predicted molar refractivity (Wildman–Crippen MR) is 213 cm³/mol. The summed E-state index contributed by atoms with van der Waals surface area (Å²) in [6.45, 7) is 7.41. The van der Waals surface area contributed by atoms with Crippen molar-refractivity contribution in [1.29, 1.82) is 0 Å². The van der Waals surface area contributed by atoms with Crippen molar-refractivity contribution in [3.63, 3.8) is 0 Å². The van der Waals surface area contributed by atoms with E-state index in [2.05, 4.69) is 147 Å². The van der Waals surface area contributed by atoms with Crippen LogP contribution in [0, 0.1) is 6.57 Å². The number of para-hydroxylation sites is 3. The molecule has 10 rings (SSSR count). The van der Waals surface area contributed by atoms with Gasteiger partial charge < -0.3 is 9.13 Å². The van der Waals surface area contributed by atoms with E-state index in [1.54, 1.807) is 0 Å². The number of benzene rings is 7. The lowest BCUT2D eigenvalue weighted by Gasteiger charge is -2.13. The Labute approximate surface area is 300 Å². The Morgan fingerprint density at radius 2 is 1.04 bits per heavy atom. The fourth-order valence-corrected chi connectivity index (χ4v) is 7.60. The average molecular weight is 664 g/mol. The minimum Gasteiger partial charge on any atom is -0.309 e. The molecule has 0 saturated heterocycles. The first-order valence-corrected chi connectivity index (χ1v) is 17.3. The fraction of sp³-hybridized carbons (Fsp3) is 0. The van der Waals surface area contributed by atoms with Gasteiger partial charge in [0.25, 0.3) is 0 Å². The third kappa shape index (κ3) is 4.70. The van der Waals surface area contributed by atoms with Crippen LogP contribution in [-0.2, 0) is 0 Å². The van der Waals surface area contributed by atoms with Crippen LogP contribution in [0.1, 0.15) is 0 Å². The van der Waals surface area contributed by atoms with Gasteiger partial charge >= 0.3 is 0 Å². The first kappa shape index (κ1) is 29.6. The van der Waals surface area contributed by atoms with E-state index in [0.29, 0.717) is 11.5 Å². The Kier molecular flexibility index (Phi) is 6.80. The lowest BCUT2D eigenvalue weighted by molar-refractivity contribution is 1.16. The number of aromatic nitrogens is 4. The van der Waals surface area contributed by atoms with Gasteiger partial charge in [0.05, 0.1) is 40.0 Å². The second-order valence-electron chi connectivity index (χ2n) is 12.9. The van der Waals surface area contributed by atoms with Crippen molar-refractivity contribution < 1.29 is 0 Å². The van der Waals surface area contributed by atoms with E-state index in [0.717, 1.165) is 50.5 Å². The Hall–Kier alpha value is -7.29. The Morgan fingerprint density at radius 3 is 1.79 bits per heavy atom. The number of rotatable bonds is 5. The zero-order chi connectivity index (χ0) is 34.6. The highest BCUT2D eigenvalue weighted by Crippen LogP contribution is 2.42. The number of nitrogens with zero attached hydrogens (tertiary/aromatic N) is 5. The number of hydrogen-bond donors (Lipinski definition) is 0. The molecule has 0 spiro atoms. The standard InChI is InChI=1S/C47H29N5/c1-48-34-25-23-32(24-26-34)47-49-40(31-13-4-2-5-14-31)30-41(50-47)33-15-12-18-36(29-33)52-42-21-10-8-19-37(42)38-27-28-44-45(46(38)52)39-20-9-11-22-43(39)51(44)35-16-6-3-7-17-35/h2-30H. The number of fused-ring (bicyclic) bond motifs is 7. The predicted octanol–water partition coefficient (Wildman–Crippen LogP) is 12.2. The third-order valence-electron chi connectivity index (χ3n) is 9.93. The van der Waals surface area contributed by atoms with E-state index < -0.39 is 0 Å². The van der Waals surface area contributed by atoms with Gasteiger partial charge in [0.2, 0.25) is 0 Å². The molecule has 5 heteroatoms. The lowest BCUT2D eigenvalue weighted by Crippen LogP contribution is -1.98. The Morgan fingerprint density at radius 1 is 0.423 bits per heavy atom. The minimum atomic E-state index is 0.586. The summed E-state index contributed by atoms with van der Waals surface area (Å²) in [5.41, 5.74) is 12.0. The maximum Gasteiger partial charge on any atom is 0.187 e. The molecule has 0 aliphatic carbocycles. The molecule has 52 heavy (non-hydrogen) atoms. The molecule has 0 aliphatic rings. The maximum absolute atomic E-state index is 7.41. The molecule has 10 aromatic rings. The second kappa shape index (κ2) is 11.9. The molecule has 5 nitrogen and oxygen atoms in total. The summed E-state index contributed by atoms with van der Waals surface area (Å²) in [5, 5.41) is 4.85. The summed E-state index contributed by atoms with van der Waals surface area (Å²) in [4.78, 5) is 13.7. The average Bonchev–Trinajstić information content (AvgIpc) is 3.74. The van der Waals surface area contributed by atoms with Gasteiger partial charge in [-0.2, -0.15) is 0 Å². The van der Waals surface area contributed by atoms with Crippen LogP contribution in [0.25, 0.3) is 93.7 Å². The summed E-state index contributed by atoms with van der Waals surface area (Å²) in [7, 11) is 0. The smallest absolute Gasteiger partial charge is 0.187 e. The second-order valence-corrected chi connectivity index (χ2v) is 12.9. The van der Waals surface area contributed by atoms with Crippen LogP contribution in [0.3, 0.4) is 0 Å². The number of hydrogen-bond acceptors (Lipinski definition) is 2. The highest BCUT2D eigenvalue weighted by Gasteiger charge is 2.21.